The molecule has 0 aromatic heterocycles. The third-order valence-electron chi connectivity index (χ3n) is 4.36. The fraction of sp³-hybridized carbons (Fsp3) is 0.316. The van der Waals surface area contributed by atoms with Gasteiger partial charge in [0, 0.05) is 11.7 Å². The van der Waals surface area contributed by atoms with Crippen molar-refractivity contribution in [2.75, 3.05) is 12.4 Å². The highest BCUT2D eigenvalue weighted by molar-refractivity contribution is 5.90. The van der Waals surface area contributed by atoms with Gasteiger partial charge in [0.2, 0.25) is 0 Å². The maximum absolute atomic E-state index is 11.6. The summed E-state index contributed by atoms with van der Waals surface area (Å²) in [6, 6.07) is 18.7. The van der Waals surface area contributed by atoms with Gasteiger partial charge in [0.25, 0.3) is 0 Å². The molecule has 3 nitrogen and oxygen atoms in total. The molecule has 3 rings (SSSR count). The summed E-state index contributed by atoms with van der Waals surface area (Å²) in [6.45, 7) is 0. The molecule has 0 saturated heterocycles. The summed E-state index contributed by atoms with van der Waals surface area (Å²) in [5.41, 5.74) is 3.00. The normalized spacial score (nSPS) is 20.6. The Kier molecular flexibility index (Phi) is 4.42. The fourth-order valence-electron chi connectivity index (χ4n) is 3.23. The van der Waals surface area contributed by atoms with Crippen LogP contribution in [0.25, 0.3) is 0 Å². The van der Waals surface area contributed by atoms with Crippen molar-refractivity contribution in [3.05, 3.63) is 65.7 Å². The first-order chi connectivity index (χ1) is 10.8. The molecule has 2 aromatic rings. The lowest BCUT2D eigenvalue weighted by atomic mass is 9.97. The van der Waals surface area contributed by atoms with E-state index in [4.69, 9.17) is 4.74 Å². The first-order valence-corrected chi connectivity index (χ1v) is 7.76. The number of esters is 1. The molecule has 3 heteroatoms. The Hall–Kier alpha value is -2.29. The first kappa shape index (κ1) is 14.6. The van der Waals surface area contributed by atoms with Crippen molar-refractivity contribution in [3.8, 4) is 0 Å². The van der Waals surface area contributed by atoms with Crippen LogP contribution >= 0.6 is 0 Å². The summed E-state index contributed by atoms with van der Waals surface area (Å²) in [4.78, 5) is 11.6. The molecule has 1 aliphatic carbocycles. The molecular formula is C19H21NO2. The van der Waals surface area contributed by atoms with E-state index in [0.29, 0.717) is 17.5 Å². The summed E-state index contributed by atoms with van der Waals surface area (Å²) in [5.74, 6) is 0.333. The van der Waals surface area contributed by atoms with Crippen molar-refractivity contribution in [1.82, 2.24) is 0 Å². The number of anilines is 1. The van der Waals surface area contributed by atoms with Crippen LogP contribution in [0.15, 0.2) is 54.6 Å². The fourth-order valence-corrected chi connectivity index (χ4v) is 3.23. The van der Waals surface area contributed by atoms with E-state index in [9.17, 15) is 4.79 Å². The van der Waals surface area contributed by atoms with Crippen LogP contribution < -0.4 is 5.32 Å². The van der Waals surface area contributed by atoms with Crippen molar-refractivity contribution in [1.29, 1.82) is 0 Å². The largest absolute Gasteiger partial charge is 0.465 e. The number of benzene rings is 2. The minimum atomic E-state index is -0.294. The predicted molar refractivity (Wildman–Crippen MR) is 88.2 cm³/mol. The lowest BCUT2D eigenvalue weighted by Gasteiger charge is -2.15. The molecule has 2 unspecified atom stereocenters. The Labute approximate surface area is 131 Å². The van der Waals surface area contributed by atoms with Gasteiger partial charge in [-0.2, -0.15) is 0 Å². The third-order valence-corrected chi connectivity index (χ3v) is 4.36. The van der Waals surface area contributed by atoms with Crippen LogP contribution in [0, 0.1) is 0 Å². The molecule has 0 heterocycles. The van der Waals surface area contributed by atoms with E-state index in [1.165, 1.54) is 19.1 Å². The molecule has 1 saturated carbocycles. The maximum Gasteiger partial charge on any atom is 0.337 e. The molecule has 1 N–H and O–H groups in total. The highest BCUT2D eigenvalue weighted by atomic mass is 16.5. The average Bonchev–Trinajstić information content (AvgIpc) is 3.03. The number of hydrogen-bond donors (Lipinski definition) is 1. The lowest BCUT2D eigenvalue weighted by molar-refractivity contribution is 0.0601. The van der Waals surface area contributed by atoms with Crippen LogP contribution in [-0.4, -0.2) is 19.1 Å². The zero-order valence-electron chi connectivity index (χ0n) is 12.8. The Morgan fingerprint density at radius 1 is 1.09 bits per heavy atom. The van der Waals surface area contributed by atoms with Crippen molar-refractivity contribution in [2.45, 2.75) is 31.2 Å². The molecule has 2 aromatic carbocycles. The minimum Gasteiger partial charge on any atom is -0.465 e. The van der Waals surface area contributed by atoms with E-state index in [1.807, 2.05) is 18.2 Å². The smallest absolute Gasteiger partial charge is 0.337 e. The Bertz CT molecular complexity index is 639. The van der Waals surface area contributed by atoms with E-state index in [1.54, 1.807) is 6.07 Å². The Morgan fingerprint density at radius 2 is 1.91 bits per heavy atom. The molecule has 114 valence electrons. The molecule has 1 aliphatic rings. The average molecular weight is 295 g/mol. The Balaban J connectivity index is 1.64. The Morgan fingerprint density at radius 3 is 2.68 bits per heavy atom. The highest BCUT2D eigenvalue weighted by Gasteiger charge is 2.25. The van der Waals surface area contributed by atoms with Crippen LogP contribution in [-0.2, 0) is 4.74 Å². The summed E-state index contributed by atoms with van der Waals surface area (Å²) < 4.78 is 4.77. The van der Waals surface area contributed by atoms with Crippen LogP contribution in [0.1, 0.15) is 41.1 Å². The van der Waals surface area contributed by atoms with Crippen LogP contribution in [0.5, 0.6) is 0 Å². The van der Waals surface area contributed by atoms with E-state index >= 15 is 0 Å². The second kappa shape index (κ2) is 6.65. The van der Waals surface area contributed by atoms with Gasteiger partial charge in [-0.05, 0) is 48.9 Å². The molecule has 1 fully saturated rings. The SMILES string of the molecule is COC(=O)c1cccc(NC2CCC(c3ccccc3)C2)c1. The number of carbonyl (C=O) groups excluding carboxylic acids is 1. The number of carbonyl (C=O) groups is 1. The van der Waals surface area contributed by atoms with Gasteiger partial charge in [0.1, 0.15) is 0 Å². The minimum absolute atomic E-state index is 0.294. The van der Waals surface area contributed by atoms with Crippen LogP contribution in [0.4, 0.5) is 5.69 Å². The van der Waals surface area contributed by atoms with E-state index in [-0.39, 0.29) is 5.97 Å². The van der Waals surface area contributed by atoms with Gasteiger partial charge in [-0.15, -0.1) is 0 Å². The quantitative estimate of drug-likeness (QED) is 0.858. The predicted octanol–water partition coefficient (Wildman–Crippen LogP) is 4.22. The molecule has 0 aliphatic heterocycles. The number of rotatable bonds is 4. The molecule has 0 radical (unpaired) electrons. The molecule has 22 heavy (non-hydrogen) atoms. The molecule has 2 atom stereocenters. The monoisotopic (exact) mass is 295 g/mol. The number of hydrogen-bond acceptors (Lipinski definition) is 3. The zero-order chi connectivity index (χ0) is 15.4. The summed E-state index contributed by atoms with van der Waals surface area (Å²) in [7, 11) is 1.41. The van der Waals surface area contributed by atoms with E-state index in [0.717, 1.165) is 18.5 Å². The number of methoxy groups -OCH3 is 1. The van der Waals surface area contributed by atoms with Crippen LogP contribution in [0.2, 0.25) is 0 Å². The summed E-state index contributed by atoms with van der Waals surface area (Å²) in [5, 5.41) is 3.55. The number of nitrogens with one attached hydrogen (secondary N) is 1. The number of ether oxygens (including phenoxy) is 1. The molecule has 0 spiro atoms. The second-order valence-electron chi connectivity index (χ2n) is 5.83. The van der Waals surface area contributed by atoms with Gasteiger partial charge in [-0.3, -0.25) is 0 Å². The summed E-state index contributed by atoms with van der Waals surface area (Å²) >= 11 is 0. The topological polar surface area (TPSA) is 38.3 Å². The van der Waals surface area contributed by atoms with Gasteiger partial charge in [-0.1, -0.05) is 36.4 Å². The van der Waals surface area contributed by atoms with Crippen molar-refractivity contribution >= 4 is 11.7 Å². The van der Waals surface area contributed by atoms with Crippen molar-refractivity contribution in [3.63, 3.8) is 0 Å². The van der Waals surface area contributed by atoms with E-state index in [2.05, 4.69) is 35.6 Å². The zero-order valence-corrected chi connectivity index (χ0v) is 12.8. The van der Waals surface area contributed by atoms with Gasteiger partial charge in [0.05, 0.1) is 12.7 Å². The maximum atomic E-state index is 11.6. The standard InChI is InChI=1S/C19H21NO2/c1-22-19(21)16-8-5-9-17(13-16)20-18-11-10-15(12-18)14-6-3-2-4-7-14/h2-9,13,15,18,20H,10-12H2,1H3. The van der Waals surface area contributed by atoms with Gasteiger partial charge < -0.3 is 10.1 Å². The lowest BCUT2D eigenvalue weighted by Crippen LogP contribution is -2.15. The van der Waals surface area contributed by atoms with Crippen molar-refractivity contribution in [2.24, 2.45) is 0 Å². The highest BCUT2D eigenvalue weighted by Crippen LogP contribution is 2.35. The first-order valence-electron chi connectivity index (χ1n) is 7.76. The van der Waals surface area contributed by atoms with Crippen molar-refractivity contribution < 1.29 is 9.53 Å². The second-order valence-corrected chi connectivity index (χ2v) is 5.83. The molecule has 0 amide bonds. The molecule has 0 bridgehead atoms. The van der Waals surface area contributed by atoms with E-state index < -0.39 is 0 Å². The summed E-state index contributed by atoms with van der Waals surface area (Å²) in [6.07, 6.45) is 3.49. The van der Waals surface area contributed by atoms with Gasteiger partial charge in [-0.25, -0.2) is 4.79 Å². The molecular weight excluding hydrogens is 274 g/mol. The third kappa shape index (κ3) is 3.30. The van der Waals surface area contributed by atoms with Gasteiger partial charge in [0.15, 0.2) is 0 Å². The van der Waals surface area contributed by atoms with Crippen LogP contribution in [0.3, 0.4) is 0 Å². The van der Waals surface area contributed by atoms with Gasteiger partial charge >= 0.3 is 5.97 Å².